The first-order chi connectivity index (χ1) is 15.1. The predicted octanol–water partition coefficient (Wildman–Crippen LogP) is 3.47. The molecule has 6 heteroatoms. The van der Waals surface area contributed by atoms with Crippen molar-refractivity contribution in [2.24, 2.45) is 35.5 Å². The quantitative estimate of drug-likeness (QED) is 0.601. The van der Waals surface area contributed by atoms with Gasteiger partial charge in [0, 0.05) is 5.69 Å². The van der Waals surface area contributed by atoms with Crippen molar-refractivity contribution in [1.82, 2.24) is 4.90 Å². The molecule has 7 rings (SSSR count). The summed E-state index contributed by atoms with van der Waals surface area (Å²) < 4.78 is 5.75. The molecule has 1 saturated heterocycles. The van der Waals surface area contributed by atoms with Crippen LogP contribution in [0, 0.1) is 35.5 Å². The zero-order valence-corrected chi connectivity index (χ0v) is 16.8. The molecule has 6 atom stereocenters. The van der Waals surface area contributed by atoms with Crippen LogP contribution in [0.25, 0.3) is 0 Å². The van der Waals surface area contributed by atoms with E-state index in [9.17, 15) is 14.4 Å². The van der Waals surface area contributed by atoms with E-state index in [4.69, 9.17) is 4.74 Å². The summed E-state index contributed by atoms with van der Waals surface area (Å²) in [6.07, 6.45) is 5.39. The Hall–Kier alpha value is -3.41. The van der Waals surface area contributed by atoms with Crippen molar-refractivity contribution in [3.05, 3.63) is 66.7 Å². The molecule has 1 heterocycles. The van der Waals surface area contributed by atoms with E-state index in [0.717, 1.165) is 12.2 Å². The lowest BCUT2D eigenvalue weighted by molar-refractivity contribution is -0.142. The van der Waals surface area contributed by atoms with E-state index in [-0.39, 0.29) is 47.9 Å². The lowest BCUT2D eigenvalue weighted by Crippen LogP contribution is -2.40. The van der Waals surface area contributed by atoms with Gasteiger partial charge in [0.25, 0.3) is 0 Å². The molecule has 1 N–H and O–H groups in total. The van der Waals surface area contributed by atoms with Gasteiger partial charge in [-0.2, -0.15) is 0 Å². The fourth-order valence-corrected chi connectivity index (χ4v) is 5.75. The second kappa shape index (κ2) is 6.80. The number of anilines is 1. The molecule has 1 aliphatic heterocycles. The van der Waals surface area contributed by atoms with Crippen LogP contribution in [0.1, 0.15) is 6.42 Å². The second-order valence-electron chi connectivity index (χ2n) is 8.90. The van der Waals surface area contributed by atoms with Crippen LogP contribution in [0.15, 0.2) is 66.7 Å². The number of nitrogens with one attached hydrogen (secondary N) is 1. The number of rotatable bonds is 5. The molecule has 0 aromatic heterocycles. The van der Waals surface area contributed by atoms with Crippen LogP contribution in [0.5, 0.6) is 11.5 Å². The van der Waals surface area contributed by atoms with Crippen LogP contribution < -0.4 is 10.1 Å². The van der Waals surface area contributed by atoms with E-state index in [1.807, 2.05) is 30.3 Å². The first kappa shape index (κ1) is 18.4. The van der Waals surface area contributed by atoms with Crippen LogP contribution in [0.3, 0.4) is 0 Å². The normalized spacial score (nSPS) is 31.9. The monoisotopic (exact) mass is 414 g/mol. The van der Waals surface area contributed by atoms with Crippen molar-refractivity contribution < 1.29 is 19.1 Å². The Balaban J connectivity index is 1.10. The van der Waals surface area contributed by atoms with Gasteiger partial charge in [0.1, 0.15) is 18.0 Å². The maximum Gasteiger partial charge on any atom is 0.244 e. The second-order valence-corrected chi connectivity index (χ2v) is 8.90. The van der Waals surface area contributed by atoms with Gasteiger partial charge >= 0.3 is 0 Å². The van der Waals surface area contributed by atoms with Crippen LogP contribution in [0.4, 0.5) is 5.69 Å². The van der Waals surface area contributed by atoms with E-state index in [0.29, 0.717) is 23.3 Å². The van der Waals surface area contributed by atoms with Crippen molar-refractivity contribution >= 4 is 23.4 Å². The molecule has 0 spiro atoms. The predicted molar refractivity (Wildman–Crippen MR) is 113 cm³/mol. The Morgan fingerprint density at radius 3 is 2.06 bits per heavy atom. The van der Waals surface area contributed by atoms with Crippen LogP contribution in [0.2, 0.25) is 0 Å². The van der Waals surface area contributed by atoms with E-state index in [1.54, 1.807) is 24.3 Å². The number of benzene rings is 2. The third-order valence-electron chi connectivity index (χ3n) is 7.17. The number of hydrogen-bond donors (Lipinski definition) is 1. The molecule has 156 valence electrons. The van der Waals surface area contributed by atoms with Crippen molar-refractivity contribution in [1.29, 1.82) is 0 Å². The minimum atomic E-state index is -0.373. The summed E-state index contributed by atoms with van der Waals surface area (Å²) in [5.74, 6) is 1.56. The van der Waals surface area contributed by atoms with Gasteiger partial charge in [0.15, 0.2) is 0 Å². The summed E-state index contributed by atoms with van der Waals surface area (Å²) >= 11 is 0. The van der Waals surface area contributed by atoms with Crippen molar-refractivity contribution in [2.45, 2.75) is 6.42 Å². The molecule has 3 fully saturated rings. The van der Waals surface area contributed by atoms with Crippen LogP contribution in [-0.4, -0.2) is 29.2 Å². The third-order valence-corrected chi connectivity index (χ3v) is 7.17. The highest BCUT2D eigenvalue weighted by molar-refractivity contribution is 6.09. The maximum atomic E-state index is 13.0. The highest BCUT2D eigenvalue weighted by Gasteiger charge is 2.67. The fourth-order valence-electron chi connectivity index (χ4n) is 5.75. The average molecular weight is 414 g/mol. The van der Waals surface area contributed by atoms with E-state index >= 15 is 0 Å². The summed E-state index contributed by atoms with van der Waals surface area (Å²) in [6.45, 7) is -0.234. The number of hydrogen-bond acceptors (Lipinski definition) is 4. The number of nitrogens with zero attached hydrogens (tertiary/aromatic N) is 1. The van der Waals surface area contributed by atoms with Gasteiger partial charge in [-0.1, -0.05) is 30.4 Å². The van der Waals surface area contributed by atoms with Crippen LogP contribution in [-0.2, 0) is 14.4 Å². The molecule has 2 aromatic rings. The summed E-state index contributed by atoms with van der Waals surface area (Å²) in [5.41, 5.74) is 0.588. The molecule has 5 aliphatic rings. The van der Waals surface area contributed by atoms with E-state index in [2.05, 4.69) is 17.5 Å². The van der Waals surface area contributed by atoms with Crippen molar-refractivity contribution in [3.8, 4) is 11.5 Å². The number of para-hydroxylation sites is 1. The average Bonchev–Trinajstić information content (AvgIpc) is 3.57. The molecule has 31 heavy (non-hydrogen) atoms. The fraction of sp³-hybridized carbons (Fsp3) is 0.320. The van der Waals surface area contributed by atoms with E-state index < -0.39 is 0 Å². The van der Waals surface area contributed by atoms with Gasteiger partial charge in [0.2, 0.25) is 17.7 Å². The number of carbonyl (C=O) groups excluding carboxylic acids is 3. The Kier molecular flexibility index (Phi) is 4.03. The van der Waals surface area contributed by atoms with Gasteiger partial charge in [-0.05, 0) is 66.5 Å². The summed E-state index contributed by atoms with van der Waals surface area (Å²) in [7, 11) is 0. The molecule has 4 aliphatic carbocycles. The minimum Gasteiger partial charge on any atom is -0.457 e. The lowest BCUT2D eigenvalue weighted by atomic mass is 9.63. The molecule has 6 nitrogen and oxygen atoms in total. The number of ether oxygens (including phenoxy) is 1. The minimum absolute atomic E-state index is 0.168. The van der Waals surface area contributed by atoms with Gasteiger partial charge in [-0.25, -0.2) is 0 Å². The largest absolute Gasteiger partial charge is 0.457 e. The molecular weight excluding hydrogens is 392 g/mol. The first-order valence-electron chi connectivity index (χ1n) is 10.8. The Morgan fingerprint density at radius 2 is 1.45 bits per heavy atom. The van der Waals surface area contributed by atoms with E-state index in [1.165, 1.54) is 4.90 Å². The zero-order valence-electron chi connectivity index (χ0n) is 16.8. The lowest BCUT2D eigenvalue weighted by Gasteiger charge is -2.37. The Bertz CT molecular complexity index is 1060. The summed E-state index contributed by atoms with van der Waals surface area (Å²) in [5, 5.41) is 2.78. The van der Waals surface area contributed by atoms with Crippen molar-refractivity contribution in [2.75, 3.05) is 11.9 Å². The number of carbonyl (C=O) groups is 3. The topological polar surface area (TPSA) is 75.7 Å². The third kappa shape index (κ3) is 2.97. The maximum absolute atomic E-state index is 13.0. The Morgan fingerprint density at radius 1 is 0.871 bits per heavy atom. The summed E-state index contributed by atoms with van der Waals surface area (Å²) in [6, 6.07) is 16.4. The van der Waals surface area contributed by atoms with Gasteiger partial charge in [-0.15, -0.1) is 0 Å². The molecule has 2 bridgehead atoms. The molecule has 3 amide bonds. The standard InChI is InChI=1S/C25H22N2O4/c28-21(26-14-6-8-16(9-7-14)31-15-4-2-1-3-5-15)13-27-24(29)22-17-10-11-18(20-12-19(17)20)23(22)25(27)30/h1-11,17-20,22-23H,12-13H2,(H,26,28)/t17-,18-,19-,20-,22-,23+/m0/s1. The van der Waals surface area contributed by atoms with Crippen LogP contribution >= 0.6 is 0 Å². The number of amides is 3. The highest BCUT2D eigenvalue weighted by Crippen LogP contribution is 2.65. The molecule has 2 saturated carbocycles. The Labute approximate surface area is 179 Å². The van der Waals surface area contributed by atoms with Gasteiger partial charge < -0.3 is 10.1 Å². The summed E-state index contributed by atoms with van der Waals surface area (Å²) in [4.78, 5) is 39.7. The SMILES string of the molecule is O=C(CN1C(=O)[C@@H]2[C@H]3C=C[C@@H]([C@@H]4C[C@@H]34)[C@@H]2C1=O)Nc1ccc(Oc2ccccc2)cc1. The zero-order chi connectivity index (χ0) is 21.1. The first-order valence-corrected chi connectivity index (χ1v) is 10.8. The van der Waals surface area contributed by atoms with Gasteiger partial charge in [0.05, 0.1) is 11.8 Å². The number of allylic oxidation sites excluding steroid dienone is 2. The molecule has 0 radical (unpaired) electrons. The number of likely N-dealkylation sites (tertiary alicyclic amines) is 1. The van der Waals surface area contributed by atoms with Crippen molar-refractivity contribution in [3.63, 3.8) is 0 Å². The van der Waals surface area contributed by atoms with Gasteiger partial charge in [-0.3, -0.25) is 19.3 Å². The highest BCUT2D eigenvalue weighted by atomic mass is 16.5. The molecule has 0 unspecified atom stereocenters. The number of imide groups is 1. The molecule has 2 aromatic carbocycles. The molecular formula is C25H22N2O4. The smallest absolute Gasteiger partial charge is 0.244 e.